The zero-order valence-electron chi connectivity index (χ0n) is 11.3. The Hall–Kier alpha value is -1.26. The molecule has 0 atom stereocenters. The molecule has 0 aromatic carbocycles. The first-order chi connectivity index (χ1) is 9.91. The van der Waals surface area contributed by atoms with E-state index in [1.165, 1.54) is 10.6 Å². The molecule has 1 aromatic heterocycles. The van der Waals surface area contributed by atoms with Gasteiger partial charge in [0.2, 0.25) is 16.0 Å². The van der Waals surface area contributed by atoms with E-state index in [-0.39, 0.29) is 6.10 Å². The van der Waals surface area contributed by atoms with Crippen molar-refractivity contribution in [2.45, 2.75) is 6.10 Å². The van der Waals surface area contributed by atoms with Crippen LogP contribution in [-0.2, 0) is 14.9 Å². The van der Waals surface area contributed by atoms with Gasteiger partial charge < -0.3 is 9.74 Å². The number of halogens is 1. The van der Waals surface area contributed by atoms with Gasteiger partial charge in [-0.25, -0.2) is 18.4 Å². The van der Waals surface area contributed by atoms with Crippen LogP contribution in [0.4, 0.5) is 5.95 Å². The summed E-state index contributed by atoms with van der Waals surface area (Å²) < 4.78 is 24.6. The van der Waals surface area contributed by atoms with Crippen LogP contribution in [0.5, 0.6) is 0 Å². The van der Waals surface area contributed by atoms with Crippen molar-refractivity contribution in [3.63, 3.8) is 0 Å². The van der Waals surface area contributed by atoms with Gasteiger partial charge in [-0.15, -0.1) is 0 Å². The standard InChI is InChI=1S/C11H14BrN5O3S/c1-21(18,19)17-6-10(7-17)20-15-9-4-16(5-9)11-13-2-8(12)3-14-11/h2-3,10H,4-7H2,1H3. The molecule has 0 aliphatic carbocycles. The summed E-state index contributed by atoms with van der Waals surface area (Å²) in [7, 11) is -3.10. The van der Waals surface area contributed by atoms with Gasteiger partial charge in [-0.1, -0.05) is 5.16 Å². The first-order valence-corrected chi connectivity index (χ1v) is 8.95. The van der Waals surface area contributed by atoms with Gasteiger partial charge >= 0.3 is 0 Å². The number of nitrogens with zero attached hydrogens (tertiary/aromatic N) is 5. The number of rotatable bonds is 4. The Morgan fingerprint density at radius 2 is 1.95 bits per heavy atom. The second-order valence-electron chi connectivity index (χ2n) is 5.02. The van der Waals surface area contributed by atoms with Crippen LogP contribution in [0.1, 0.15) is 0 Å². The Balaban J connectivity index is 1.44. The number of hydrogen-bond acceptors (Lipinski definition) is 7. The Bertz CT molecular complexity index is 649. The minimum atomic E-state index is -3.10. The topological polar surface area (TPSA) is 88.0 Å². The SMILES string of the molecule is CS(=O)(=O)N1CC(ON=C2CN(c3ncc(Br)cn3)C2)C1. The smallest absolute Gasteiger partial charge is 0.226 e. The van der Waals surface area contributed by atoms with Crippen LogP contribution < -0.4 is 4.90 Å². The fourth-order valence-electron chi connectivity index (χ4n) is 1.95. The van der Waals surface area contributed by atoms with Gasteiger partial charge in [-0.05, 0) is 15.9 Å². The third-order valence-corrected chi connectivity index (χ3v) is 4.90. The lowest BCUT2D eigenvalue weighted by Gasteiger charge is -2.36. The summed E-state index contributed by atoms with van der Waals surface area (Å²) in [5.41, 5.74) is 0.902. The van der Waals surface area contributed by atoms with E-state index >= 15 is 0 Å². The normalized spacial score (nSPS) is 19.9. The minimum Gasteiger partial charge on any atom is -0.390 e. The van der Waals surface area contributed by atoms with Gasteiger partial charge in [0.05, 0.1) is 42.6 Å². The molecule has 0 amide bonds. The minimum absolute atomic E-state index is 0.148. The van der Waals surface area contributed by atoms with Crippen LogP contribution in [0.2, 0.25) is 0 Å². The average Bonchev–Trinajstić information content (AvgIpc) is 2.29. The zero-order valence-corrected chi connectivity index (χ0v) is 13.7. The molecular formula is C11H14BrN5O3S. The molecule has 1 aromatic rings. The first kappa shape index (κ1) is 14.7. The molecule has 3 rings (SSSR count). The van der Waals surface area contributed by atoms with Crippen LogP contribution in [-0.4, -0.2) is 66.9 Å². The molecule has 0 radical (unpaired) electrons. The summed E-state index contributed by atoms with van der Waals surface area (Å²) in [6.45, 7) is 2.00. The van der Waals surface area contributed by atoms with Gasteiger partial charge in [0.25, 0.3) is 0 Å². The molecule has 0 spiro atoms. The molecule has 114 valence electrons. The number of oxime groups is 1. The Kier molecular flexibility index (Phi) is 3.84. The van der Waals surface area contributed by atoms with Crippen LogP contribution in [0.15, 0.2) is 22.0 Å². The van der Waals surface area contributed by atoms with Crippen molar-refractivity contribution >= 4 is 37.6 Å². The van der Waals surface area contributed by atoms with Crippen molar-refractivity contribution in [1.82, 2.24) is 14.3 Å². The summed E-state index contributed by atoms with van der Waals surface area (Å²) >= 11 is 3.29. The predicted molar refractivity (Wildman–Crippen MR) is 80.7 cm³/mol. The van der Waals surface area contributed by atoms with E-state index < -0.39 is 10.0 Å². The summed E-state index contributed by atoms with van der Waals surface area (Å²) in [6.07, 6.45) is 4.44. The second kappa shape index (κ2) is 5.50. The second-order valence-corrected chi connectivity index (χ2v) is 7.92. The molecule has 21 heavy (non-hydrogen) atoms. The summed E-state index contributed by atoms with van der Waals surface area (Å²) in [5, 5.41) is 4.05. The molecule has 8 nitrogen and oxygen atoms in total. The van der Waals surface area contributed by atoms with Crippen LogP contribution in [0, 0.1) is 0 Å². The maximum Gasteiger partial charge on any atom is 0.226 e. The lowest BCUT2D eigenvalue weighted by molar-refractivity contribution is -0.0174. The predicted octanol–water partition coefficient (Wildman–Crippen LogP) is 0.0755. The molecule has 2 aliphatic heterocycles. The molecule has 0 bridgehead atoms. The third-order valence-electron chi connectivity index (χ3n) is 3.25. The van der Waals surface area contributed by atoms with Gasteiger partial charge in [0.15, 0.2) is 6.10 Å². The van der Waals surface area contributed by atoms with E-state index in [1.54, 1.807) is 12.4 Å². The van der Waals surface area contributed by atoms with Gasteiger partial charge in [0, 0.05) is 12.4 Å². The summed E-state index contributed by atoms with van der Waals surface area (Å²) in [4.78, 5) is 15.7. The molecule has 0 N–H and O–H groups in total. The number of hydrogen-bond donors (Lipinski definition) is 0. The molecule has 2 fully saturated rings. The van der Waals surface area contributed by atoms with Crippen molar-refractivity contribution < 1.29 is 13.3 Å². The van der Waals surface area contributed by atoms with Crippen molar-refractivity contribution in [3.05, 3.63) is 16.9 Å². The van der Waals surface area contributed by atoms with E-state index in [0.29, 0.717) is 32.1 Å². The zero-order chi connectivity index (χ0) is 15.0. The Morgan fingerprint density at radius 3 is 2.52 bits per heavy atom. The highest BCUT2D eigenvalue weighted by atomic mass is 79.9. The monoisotopic (exact) mass is 375 g/mol. The van der Waals surface area contributed by atoms with Gasteiger partial charge in [-0.2, -0.15) is 4.31 Å². The highest BCUT2D eigenvalue weighted by Crippen LogP contribution is 2.18. The quantitative estimate of drug-likeness (QED) is 0.692. The lowest BCUT2D eigenvalue weighted by Crippen LogP contribution is -2.54. The highest BCUT2D eigenvalue weighted by Gasteiger charge is 2.35. The summed E-state index contributed by atoms with van der Waals surface area (Å²) in [6, 6.07) is 0. The van der Waals surface area contributed by atoms with Gasteiger partial charge in [-0.3, -0.25) is 0 Å². The number of anilines is 1. The molecule has 0 unspecified atom stereocenters. The van der Waals surface area contributed by atoms with E-state index in [1.807, 2.05) is 4.90 Å². The lowest BCUT2D eigenvalue weighted by atomic mass is 10.2. The number of aromatic nitrogens is 2. The largest absolute Gasteiger partial charge is 0.390 e. The third kappa shape index (κ3) is 3.33. The summed E-state index contributed by atoms with van der Waals surface area (Å²) in [5.74, 6) is 0.657. The van der Waals surface area contributed by atoms with Crippen LogP contribution >= 0.6 is 15.9 Å². The molecule has 10 heteroatoms. The van der Waals surface area contributed by atoms with Crippen LogP contribution in [0.3, 0.4) is 0 Å². The van der Waals surface area contributed by atoms with E-state index in [2.05, 4.69) is 31.1 Å². The van der Waals surface area contributed by atoms with E-state index in [9.17, 15) is 8.42 Å². The molecule has 2 saturated heterocycles. The Morgan fingerprint density at radius 1 is 1.33 bits per heavy atom. The molecule has 2 aliphatic rings. The van der Waals surface area contributed by atoms with E-state index in [4.69, 9.17) is 4.84 Å². The van der Waals surface area contributed by atoms with Crippen molar-refractivity contribution in [2.75, 3.05) is 37.3 Å². The van der Waals surface area contributed by atoms with Crippen molar-refractivity contribution in [1.29, 1.82) is 0 Å². The first-order valence-electron chi connectivity index (χ1n) is 6.31. The van der Waals surface area contributed by atoms with Crippen molar-refractivity contribution in [2.24, 2.45) is 5.16 Å². The van der Waals surface area contributed by atoms with Crippen molar-refractivity contribution in [3.8, 4) is 0 Å². The van der Waals surface area contributed by atoms with Gasteiger partial charge in [0.1, 0.15) is 0 Å². The Labute approximate surface area is 131 Å². The number of sulfonamides is 1. The maximum atomic E-state index is 11.2. The fraction of sp³-hybridized carbons (Fsp3) is 0.545. The molecule has 0 saturated carbocycles. The fourth-order valence-corrected chi connectivity index (χ4v) is 3.03. The molecule has 3 heterocycles. The maximum absolute atomic E-state index is 11.2. The highest BCUT2D eigenvalue weighted by molar-refractivity contribution is 9.10. The average molecular weight is 376 g/mol. The molecular weight excluding hydrogens is 362 g/mol. The van der Waals surface area contributed by atoms with Crippen LogP contribution in [0.25, 0.3) is 0 Å². The van der Waals surface area contributed by atoms with E-state index in [0.717, 1.165) is 10.2 Å².